The first-order valence-electron chi connectivity index (χ1n) is 6.69. The lowest BCUT2D eigenvalue weighted by atomic mass is 11.1. The van der Waals surface area contributed by atoms with Crippen LogP contribution in [0.2, 0.25) is 32.7 Å². The van der Waals surface area contributed by atoms with Gasteiger partial charge in [0.1, 0.15) is 0 Å². The Balaban J connectivity index is 3.33. The van der Waals surface area contributed by atoms with Gasteiger partial charge in [0.15, 0.2) is 19.0 Å². The highest BCUT2D eigenvalue weighted by molar-refractivity contribution is 6.96. The zero-order valence-electron chi connectivity index (χ0n) is 13.0. The molecule has 1 heterocycles. The van der Waals surface area contributed by atoms with Crippen molar-refractivity contribution in [2.75, 3.05) is 0 Å². The maximum Gasteiger partial charge on any atom is 0.242 e. The van der Waals surface area contributed by atoms with E-state index in [1.807, 2.05) is 6.20 Å². The molecule has 1 aliphatic rings. The van der Waals surface area contributed by atoms with Crippen LogP contribution in [0.15, 0.2) is 38.3 Å². The van der Waals surface area contributed by atoms with Crippen LogP contribution in [-0.2, 0) is 0 Å². The van der Waals surface area contributed by atoms with E-state index in [9.17, 15) is 0 Å². The molecule has 1 unspecified atom stereocenters. The van der Waals surface area contributed by atoms with Crippen LogP contribution in [0, 0.1) is 0 Å². The minimum atomic E-state index is -1.76. The van der Waals surface area contributed by atoms with Crippen LogP contribution in [0.3, 0.4) is 0 Å². The summed E-state index contributed by atoms with van der Waals surface area (Å²) in [5.41, 5.74) is 0. The molecule has 0 aliphatic carbocycles. The van der Waals surface area contributed by atoms with Crippen LogP contribution in [0.4, 0.5) is 0 Å². The maximum absolute atomic E-state index is 4.09. The van der Waals surface area contributed by atoms with Crippen molar-refractivity contribution < 1.29 is 0 Å². The lowest BCUT2D eigenvalue weighted by Gasteiger charge is -2.57. The third-order valence-electron chi connectivity index (χ3n) is 4.09. The summed E-state index contributed by atoms with van der Waals surface area (Å²) in [5.74, 6) is 0. The molecule has 108 valence electrons. The molecule has 1 rings (SSSR count). The first-order chi connectivity index (χ1) is 8.73. The summed E-state index contributed by atoms with van der Waals surface area (Å²) in [6.07, 6.45) is 6.15. The van der Waals surface area contributed by atoms with E-state index in [0.29, 0.717) is 0 Å². The van der Waals surface area contributed by atoms with Crippen LogP contribution in [0.25, 0.3) is 0 Å². The molecular formula is C11H28N4Si4. The quantitative estimate of drug-likeness (QED) is 0.785. The Labute approximate surface area is 124 Å². The van der Waals surface area contributed by atoms with E-state index < -0.39 is 35.8 Å². The molecule has 0 aromatic heterocycles. The van der Waals surface area contributed by atoms with Gasteiger partial charge < -0.3 is 17.3 Å². The summed E-state index contributed by atoms with van der Waals surface area (Å²) in [4.78, 5) is 0. The summed E-state index contributed by atoms with van der Waals surface area (Å²) in [6, 6.07) is 0. The SMILES string of the molecule is C=CN1[SiH2]N[SiH](C)N(C=C)[Si](C)(C)N(C=C)[Si]1(C)C. The second kappa shape index (κ2) is 5.83. The van der Waals surface area contributed by atoms with Crippen LogP contribution in [0.1, 0.15) is 0 Å². The Kier molecular flexibility index (Phi) is 5.07. The highest BCUT2D eigenvalue weighted by atomic mass is 28.5. The van der Waals surface area contributed by atoms with E-state index in [0.717, 1.165) is 0 Å². The normalized spacial score (nSPS) is 27.6. The van der Waals surface area contributed by atoms with Gasteiger partial charge in [0.2, 0.25) is 16.8 Å². The largest absolute Gasteiger partial charge is 0.409 e. The second-order valence-electron chi connectivity index (χ2n) is 5.82. The predicted molar refractivity (Wildman–Crippen MR) is 95.8 cm³/mol. The van der Waals surface area contributed by atoms with Gasteiger partial charge >= 0.3 is 0 Å². The van der Waals surface area contributed by atoms with E-state index in [2.05, 4.69) is 82.2 Å². The monoisotopic (exact) mass is 328 g/mol. The first-order valence-corrected chi connectivity index (χ1v) is 16.1. The fourth-order valence-electron chi connectivity index (χ4n) is 3.04. The molecule has 0 bridgehead atoms. The van der Waals surface area contributed by atoms with Crippen molar-refractivity contribution in [2.45, 2.75) is 32.7 Å². The van der Waals surface area contributed by atoms with Crippen molar-refractivity contribution in [3.8, 4) is 0 Å². The van der Waals surface area contributed by atoms with E-state index in [1.165, 1.54) is 0 Å². The zero-order valence-corrected chi connectivity index (χ0v) is 17.5. The molecule has 1 aliphatic heterocycles. The van der Waals surface area contributed by atoms with Crippen molar-refractivity contribution in [3.63, 3.8) is 0 Å². The van der Waals surface area contributed by atoms with Gasteiger partial charge in [0.25, 0.3) is 0 Å². The molecule has 0 spiro atoms. The van der Waals surface area contributed by atoms with E-state index in [1.54, 1.807) is 0 Å². The summed E-state index contributed by atoms with van der Waals surface area (Å²) in [7, 11) is -5.12. The molecule has 0 aromatic rings. The highest BCUT2D eigenvalue weighted by Gasteiger charge is 2.47. The van der Waals surface area contributed by atoms with Crippen molar-refractivity contribution in [3.05, 3.63) is 38.3 Å². The van der Waals surface area contributed by atoms with Crippen LogP contribution in [-0.4, -0.2) is 48.4 Å². The van der Waals surface area contributed by atoms with Gasteiger partial charge in [-0.15, -0.1) is 0 Å². The Hall–Kier alpha value is -0.552. The number of rotatable bonds is 3. The molecule has 1 fully saturated rings. The first kappa shape index (κ1) is 16.5. The smallest absolute Gasteiger partial charge is 0.242 e. The number of nitrogens with one attached hydrogen (secondary N) is 1. The molecule has 8 heteroatoms. The molecule has 0 amide bonds. The van der Waals surface area contributed by atoms with E-state index >= 15 is 0 Å². The van der Waals surface area contributed by atoms with Gasteiger partial charge in [-0.1, -0.05) is 19.7 Å². The molecule has 1 N–H and O–H groups in total. The van der Waals surface area contributed by atoms with Crippen molar-refractivity contribution in [2.24, 2.45) is 0 Å². The number of hydrogen-bond acceptors (Lipinski definition) is 4. The van der Waals surface area contributed by atoms with E-state index in [-0.39, 0.29) is 0 Å². The number of nitrogens with zero attached hydrogens (tertiary/aromatic N) is 3. The molecule has 1 saturated heterocycles. The average molecular weight is 329 g/mol. The van der Waals surface area contributed by atoms with Crippen molar-refractivity contribution in [1.29, 1.82) is 0 Å². The fourth-order valence-corrected chi connectivity index (χ4v) is 23.1. The summed E-state index contributed by atoms with van der Waals surface area (Å²) in [5, 5.41) is 0. The molecule has 19 heavy (non-hydrogen) atoms. The van der Waals surface area contributed by atoms with Crippen LogP contribution < -0.4 is 4.65 Å². The lowest BCUT2D eigenvalue weighted by Crippen LogP contribution is -2.78. The average Bonchev–Trinajstić information content (AvgIpc) is 2.28. The van der Waals surface area contributed by atoms with Gasteiger partial charge in [-0.25, -0.2) is 0 Å². The Morgan fingerprint density at radius 3 is 2.00 bits per heavy atom. The molecular weight excluding hydrogens is 300 g/mol. The molecule has 0 saturated carbocycles. The Morgan fingerprint density at radius 1 is 1.00 bits per heavy atom. The van der Waals surface area contributed by atoms with Crippen molar-refractivity contribution in [1.82, 2.24) is 17.3 Å². The Bertz CT molecular complexity index is 372. The molecule has 4 nitrogen and oxygen atoms in total. The third-order valence-corrected chi connectivity index (χ3v) is 23.7. The van der Waals surface area contributed by atoms with Crippen molar-refractivity contribution >= 4 is 35.8 Å². The lowest BCUT2D eigenvalue weighted by molar-refractivity contribution is 0.630. The minimum Gasteiger partial charge on any atom is -0.409 e. The van der Waals surface area contributed by atoms with Crippen LogP contribution >= 0.6 is 0 Å². The maximum atomic E-state index is 4.09. The third kappa shape index (κ3) is 2.82. The standard InChI is InChI=1S/C11H28N4Si4/c1-9-13-16-12-17(4)14(10-2)19(7,8)15(11-3)18(13,5)6/h9-12,17H,1-3,16H2,4-8H3. The van der Waals surface area contributed by atoms with E-state index in [4.69, 9.17) is 0 Å². The number of hydrogen-bond donors (Lipinski definition) is 1. The molecule has 0 radical (unpaired) electrons. The Morgan fingerprint density at radius 2 is 1.58 bits per heavy atom. The summed E-state index contributed by atoms with van der Waals surface area (Å²) < 4.78 is 11.5. The minimum absolute atomic E-state index is 0.485. The molecule has 1 atom stereocenters. The van der Waals surface area contributed by atoms with Gasteiger partial charge in [0.05, 0.1) is 0 Å². The summed E-state index contributed by atoms with van der Waals surface area (Å²) >= 11 is 0. The van der Waals surface area contributed by atoms with Gasteiger partial charge in [0, 0.05) is 0 Å². The topological polar surface area (TPSA) is 21.8 Å². The predicted octanol–water partition coefficient (Wildman–Crippen LogP) is 1.18. The van der Waals surface area contributed by atoms with Crippen LogP contribution in [0.5, 0.6) is 0 Å². The highest BCUT2D eigenvalue weighted by Crippen LogP contribution is 2.27. The van der Waals surface area contributed by atoms with Gasteiger partial charge in [-0.05, 0) is 51.3 Å². The van der Waals surface area contributed by atoms with Gasteiger partial charge in [-0.2, -0.15) is 0 Å². The second-order valence-corrected chi connectivity index (χ2v) is 20.0. The zero-order chi connectivity index (χ0) is 14.8. The molecule has 0 aromatic carbocycles. The summed E-state index contributed by atoms with van der Waals surface area (Å²) in [6.45, 7) is 24.1. The fraction of sp³-hybridized carbons (Fsp3) is 0.455. The van der Waals surface area contributed by atoms with Gasteiger partial charge in [-0.3, -0.25) is 0 Å².